The van der Waals surface area contributed by atoms with Crippen LogP contribution in [-0.4, -0.2) is 75.0 Å². The Kier molecular flexibility index (Phi) is 7.88. The van der Waals surface area contributed by atoms with Gasteiger partial charge in [-0.3, -0.25) is 4.79 Å². The van der Waals surface area contributed by atoms with Gasteiger partial charge in [0.1, 0.15) is 12.2 Å². The van der Waals surface area contributed by atoms with Gasteiger partial charge in [-0.2, -0.15) is 4.98 Å². The minimum Gasteiger partial charge on any atom is -0.481 e. The van der Waals surface area contributed by atoms with Crippen LogP contribution in [0.1, 0.15) is 53.7 Å². The molecule has 0 bridgehead atoms. The average molecular weight is 513 g/mol. The first kappa shape index (κ1) is 27.8. The van der Waals surface area contributed by atoms with Gasteiger partial charge in [0, 0.05) is 19.4 Å². The first-order valence-corrected chi connectivity index (χ1v) is 14.9. The van der Waals surface area contributed by atoms with Crippen LogP contribution in [0.2, 0.25) is 18.1 Å². The smallest absolute Gasteiger partial charge is 0.319 e. The van der Waals surface area contributed by atoms with E-state index in [9.17, 15) is 4.79 Å². The van der Waals surface area contributed by atoms with E-state index in [1.54, 1.807) is 6.07 Å². The van der Waals surface area contributed by atoms with E-state index in [1.165, 1.54) is 21.1 Å². The maximum atomic E-state index is 12.2. The van der Waals surface area contributed by atoms with Gasteiger partial charge < -0.3 is 32.8 Å². The second-order valence-electron chi connectivity index (χ2n) is 11.0. The van der Waals surface area contributed by atoms with Crippen LogP contribution in [0.5, 0.6) is 11.9 Å². The molecule has 0 amide bonds. The molecule has 1 aromatic heterocycles. The van der Waals surface area contributed by atoms with Crippen molar-refractivity contribution in [1.29, 1.82) is 0 Å². The van der Waals surface area contributed by atoms with E-state index >= 15 is 0 Å². The summed E-state index contributed by atoms with van der Waals surface area (Å²) in [6.45, 7) is 16.3. The third-order valence-electron chi connectivity index (χ3n) is 6.87. The summed E-state index contributed by atoms with van der Waals surface area (Å²) >= 11 is 0. The van der Waals surface area contributed by atoms with E-state index in [0.29, 0.717) is 24.6 Å². The van der Waals surface area contributed by atoms with Crippen LogP contribution in [0.25, 0.3) is 0 Å². The zero-order valence-corrected chi connectivity index (χ0v) is 23.6. The summed E-state index contributed by atoms with van der Waals surface area (Å²) in [7, 11) is 0.960. The molecule has 0 saturated carbocycles. The third-order valence-corrected chi connectivity index (χ3v) is 11.4. The van der Waals surface area contributed by atoms with Crippen LogP contribution in [-0.2, 0) is 34.6 Å². The molecule has 0 radical (unpaired) electrons. The quantitative estimate of drug-likeness (QED) is 0.359. The predicted octanol–water partition coefficient (Wildman–Crippen LogP) is 3.63. The van der Waals surface area contributed by atoms with Crippen molar-refractivity contribution >= 4 is 14.3 Å². The molecule has 2 fully saturated rings. The van der Waals surface area contributed by atoms with Crippen molar-refractivity contribution in [2.75, 3.05) is 20.8 Å². The summed E-state index contributed by atoms with van der Waals surface area (Å²) in [5.41, 5.74) is 0.652. The van der Waals surface area contributed by atoms with Crippen molar-refractivity contribution in [2.45, 2.75) is 102 Å². The van der Waals surface area contributed by atoms with E-state index in [1.807, 2.05) is 13.8 Å². The fourth-order valence-corrected chi connectivity index (χ4v) is 5.09. The van der Waals surface area contributed by atoms with Crippen molar-refractivity contribution < 1.29 is 37.6 Å². The van der Waals surface area contributed by atoms with Crippen LogP contribution in [0.3, 0.4) is 0 Å². The zero-order valence-electron chi connectivity index (χ0n) is 22.6. The first-order chi connectivity index (χ1) is 16.1. The Labute approximate surface area is 209 Å². The number of nitrogens with zero attached hydrogens (tertiary/aromatic N) is 2. The van der Waals surface area contributed by atoms with Crippen molar-refractivity contribution in [3.8, 4) is 11.9 Å². The lowest BCUT2D eigenvalue weighted by Crippen LogP contribution is -2.47. The number of methoxy groups -OCH3 is 2. The Bertz CT molecular complexity index is 897. The number of hydrogen-bond donors (Lipinski definition) is 0. The van der Waals surface area contributed by atoms with Gasteiger partial charge >= 0.3 is 12.0 Å². The van der Waals surface area contributed by atoms with E-state index in [2.05, 4.69) is 43.8 Å². The topological polar surface area (TPSA) is 107 Å². The summed E-state index contributed by atoms with van der Waals surface area (Å²) in [5.74, 6) is -2.32. The summed E-state index contributed by atoms with van der Waals surface area (Å²) in [6.07, 6.45) is -0.869. The molecule has 2 saturated heterocycles. The van der Waals surface area contributed by atoms with Crippen LogP contribution in [0, 0.1) is 0 Å². The van der Waals surface area contributed by atoms with Gasteiger partial charge in [0.05, 0.1) is 26.5 Å². The maximum absolute atomic E-state index is 12.2. The molecule has 1 unspecified atom stereocenters. The van der Waals surface area contributed by atoms with Gasteiger partial charge in [-0.25, -0.2) is 4.98 Å². The maximum Gasteiger partial charge on any atom is 0.319 e. The van der Waals surface area contributed by atoms with Crippen molar-refractivity contribution in [1.82, 2.24) is 9.97 Å². The number of esters is 1. The molecule has 3 rings (SSSR count). The molecule has 35 heavy (non-hydrogen) atoms. The normalized spacial score (nSPS) is 28.0. The van der Waals surface area contributed by atoms with Crippen LogP contribution < -0.4 is 9.47 Å². The van der Waals surface area contributed by atoms with E-state index in [0.717, 1.165) is 0 Å². The SMILES string of the molecule is COc1cc(CCC2(OC(C)=O)O[C@H](CO[Si](C)(C)C(C)(C)C)[C@H]3OC(C)(C)O[C@H]32)nc(OC)n1. The molecule has 2 aliphatic rings. The monoisotopic (exact) mass is 512 g/mol. The third kappa shape index (κ3) is 6.14. The Morgan fingerprint density at radius 3 is 2.37 bits per heavy atom. The fourth-order valence-electron chi connectivity index (χ4n) is 4.08. The summed E-state index contributed by atoms with van der Waals surface area (Å²) < 4.78 is 41.7. The molecule has 2 aliphatic heterocycles. The number of rotatable bonds is 9. The molecule has 3 heterocycles. The standard InChI is InChI=1S/C24H40N2O8Si/c1-15(27)31-24(12-11-16-13-18(28-7)26-21(25-16)29-8)20-19(33-23(5,6)34-20)17(32-24)14-30-35(9,10)22(2,3)4/h13,17,19-20H,11-12,14H2,1-10H3/t17-,19-,20-,24?/m1/s1. The highest BCUT2D eigenvalue weighted by Crippen LogP contribution is 2.47. The minimum atomic E-state index is -2.05. The minimum absolute atomic E-state index is 0.0371. The second-order valence-corrected chi connectivity index (χ2v) is 15.9. The molecule has 198 valence electrons. The second kappa shape index (κ2) is 9.93. The van der Waals surface area contributed by atoms with Crippen LogP contribution >= 0.6 is 0 Å². The lowest BCUT2D eigenvalue weighted by Gasteiger charge is -2.38. The number of aryl methyl sites for hydroxylation is 1. The highest BCUT2D eigenvalue weighted by atomic mass is 28.4. The van der Waals surface area contributed by atoms with Crippen LogP contribution in [0.15, 0.2) is 6.07 Å². The molecular weight excluding hydrogens is 472 g/mol. The number of fused-ring (bicyclic) bond motifs is 1. The zero-order chi connectivity index (χ0) is 26.2. The van der Waals surface area contributed by atoms with Crippen molar-refractivity contribution in [2.24, 2.45) is 0 Å². The average Bonchev–Trinajstić information content (AvgIpc) is 3.21. The largest absolute Gasteiger partial charge is 0.481 e. The number of ether oxygens (including phenoxy) is 6. The molecule has 4 atom stereocenters. The summed E-state index contributed by atoms with van der Waals surface area (Å²) in [5, 5.41) is 0.0371. The highest BCUT2D eigenvalue weighted by molar-refractivity contribution is 6.74. The number of carbonyl (C=O) groups is 1. The Morgan fingerprint density at radius 2 is 1.80 bits per heavy atom. The molecule has 11 heteroatoms. The van der Waals surface area contributed by atoms with E-state index in [4.69, 9.17) is 32.8 Å². The van der Waals surface area contributed by atoms with E-state index < -0.39 is 44.2 Å². The molecule has 0 aliphatic carbocycles. The highest BCUT2D eigenvalue weighted by Gasteiger charge is 2.65. The molecular formula is C24H40N2O8Si. The number of aromatic nitrogens is 2. The summed E-state index contributed by atoms with van der Waals surface area (Å²) in [4.78, 5) is 20.8. The molecule has 0 aromatic carbocycles. The molecule has 1 aromatic rings. The Balaban J connectivity index is 1.88. The predicted molar refractivity (Wildman–Crippen MR) is 130 cm³/mol. The van der Waals surface area contributed by atoms with Gasteiger partial charge in [-0.05, 0) is 38.4 Å². The molecule has 10 nitrogen and oxygen atoms in total. The van der Waals surface area contributed by atoms with E-state index in [-0.39, 0.29) is 17.5 Å². The number of carbonyl (C=O) groups excluding carboxylic acids is 1. The molecule has 0 N–H and O–H groups in total. The van der Waals surface area contributed by atoms with Gasteiger partial charge in [0.25, 0.3) is 0 Å². The van der Waals surface area contributed by atoms with Crippen LogP contribution in [0.4, 0.5) is 0 Å². The lowest BCUT2D eigenvalue weighted by atomic mass is 9.99. The Morgan fingerprint density at radius 1 is 1.11 bits per heavy atom. The molecule has 0 spiro atoms. The van der Waals surface area contributed by atoms with Gasteiger partial charge in [0.2, 0.25) is 11.7 Å². The lowest BCUT2D eigenvalue weighted by molar-refractivity contribution is -0.285. The van der Waals surface area contributed by atoms with Gasteiger partial charge in [-0.15, -0.1) is 0 Å². The van der Waals surface area contributed by atoms with Gasteiger partial charge in [-0.1, -0.05) is 20.8 Å². The number of hydrogen-bond acceptors (Lipinski definition) is 10. The first-order valence-electron chi connectivity index (χ1n) is 11.9. The van der Waals surface area contributed by atoms with Gasteiger partial charge in [0.15, 0.2) is 20.2 Å². The Hall–Kier alpha value is -1.79. The summed E-state index contributed by atoms with van der Waals surface area (Å²) in [6, 6.07) is 1.90. The fraction of sp³-hybridized carbons (Fsp3) is 0.792. The van der Waals surface area contributed by atoms with Crippen molar-refractivity contribution in [3.63, 3.8) is 0 Å². The van der Waals surface area contributed by atoms with Crippen molar-refractivity contribution in [3.05, 3.63) is 11.8 Å².